The maximum absolute atomic E-state index is 12.4. The molecule has 0 radical (unpaired) electrons. The van der Waals surface area contributed by atoms with Gasteiger partial charge in [-0.2, -0.15) is 0 Å². The van der Waals surface area contributed by atoms with Gasteiger partial charge in [0.15, 0.2) is 16.6 Å². The molecule has 3 aromatic rings. The molecule has 0 aliphatic carbocycles. The molecular formula is C21H20N2O3S. The molecule has 0 fully saturated rings. The van der Waals surface area contributed by atoms with Gasteiger partial charge in [-0.3, -0.25) is 4.79 Å². The summed E-state index contributed by atoms with van der Waals surface area (Å²) in [5, 5.41) is 5.46. The van der Waals surface area contributed by atoms with Crippen LogP contribution in [0.1, 0.15) is 16.7 Å². The molecule has 0 spiro atoms. The van der Waals surface area contributed by atoms with Crippen molar-refractivity contribution in [3.63, 3.8) is 0 Å². The molecule has 138 valence electrons. The third-order valence-corrected chi connectivity index (χ3v) is 5.14. The van der Waals surface area contributed by atoms with E-state index in [1.807, 2.05) is 23.6 Å². The largest absolute Gasteiger partial charge is 0.486 e. The molecule has 1 aromatic heterocycles. The lowest BCUT2D eigenvalue weighted by Gasteiger charge is -2.18. The summed E-state index contributed by atoms with van der Waals surface area (Å²) >= 11 is 1.43. The fourth-order valence-corrected chi connectivity index (χ4v) is 3.83. The highest BCUT2D eigenvalue weighted by Gasteiger charge is 2.14. The Bertz CT molecular complexity index is 997. The number of benzene rings is 2. The van der Waals surface area contributed by atoms with E-state index in [0.29, 0.717) is 24.1 Å². The van der Waals surface area contributed by atoms with E-state index in [4.69, 9.17) is 9.47 Å². The second kappa shape index (κ2) is 7.40. The van der Waals surface area contributed by atoms with E-state index in [1.54, 1.807) is 0 Å². The van der Waals surface area contributed by atoms with Gasteiger partial charge >= 0.3 is 0 Å². The van der Waals surface area contributed by atoms with Crippen LogP contribution in [-0.2, 0) is 11.2 Å². The Labute approximate surface area is 162 Å². The number of carbonyl (C=O) groups excluding carboxylic acids is 1. The molecule has 6 heteroatoms. The summed E-state index contributed by atoms with van der Waals surface area (Å²) in [6.07, 6.45) is 0.259. The number of fused-ring (bicyclic) bond motifs is 1. The molecule has 1 aliphatic heterocycles. The Kier molecular flexibility index (Phi) is 4.81. The van der Waals surface area contributed by atoms with Crippen LogP contribution in [0.25, 0.3) is 11.3 Å². The minimum atomic E-state index is -0.104. The highest BCUT2D eigenvalue weighted by Crippen LogP contribution is 2.31. The van der Waals surface area contributed by atoms with E-state index >= 15 is 0 Å². The molecule has 1 aliphatic rings. The molecule has 1 N–H and O–H groups in total. The number of anilines is 1. The van der Waals surface area contributed by atoms with Crippen molar-refractivity contribution in [2.24, 2.45) is 0 Å². The van der Waals surface area contributed by atoms with Gasteiger partial charge in [-0.15, -0.1) is 11.3 Å². The fourth-order valence-electron chi connectivity index (χ4n) is 3.10. The molecule has 2 aromatic carbocycles. The van der Waals surface area contributed by atoms with Crippen LogP contribution in [0.15, 0.2) is 41.8 Å². The lowest BCUT2D eigenvalue weighted by Crippen LogP contribution is -2.17. The molecule has 0 saturated carbocycles. The van der Waals surface area contributed by atoms with E-state index in [0.717, 1.165) is 22.6 Å². The summed E-state index contributed by atoms with van der Waals surface area (Å²) in [4.78, 5) is 17.0. The van der Waals surface area contributed by atoms with Gasteiger partial charge in [0.2, 0.25) is 5.91 Å². The number of nitrogens with zero attached hydrogens (tertiary/aromatic N) is 1. The zero-order valence-electron chi connectivity index (χ0n) is 15.2. The van der Waals surface area contributed by atoms with Gasteiger partial charge < -0.3 is 14.8 Å². The Morgan fingerprint density at radius 2 is 1.93 bits per heavy atom. The van der Waals surface area contributed by atoms with Crippen molar-refractivity contribution >= 4 is 22.4 Å². The quantitative estimate of drug-likeness (QED) is 0.730. The Morgan fingerprint density at radius 1 is 1.11 bits per heavy atom. The summed E-state index contributed by atoms with van der Waals surface area (Å²) in [5.41, 5.74) is 5.24. The predicted octanol–water partition coefficient (Wildman–Crippen LogP) is 4.38. The average Bonchev–Trinajstić information content (AvgIpc) is 3.09. The molecule has 0 atom stereocenters. The van der Waals surface area contributed by atoms with Crippen LogP contribution < -0.4 is 14.8 Å². The summed E-state index contributed by atoms with van der Waals surface area (Å²) in [7, 11) is 0. The topological polar surface area (TPSA) is 60.5 Å². The van der Waals surface area contributed by atoms with Crippen molar-refractivity contribution in [2.45, 2.75) is 20.3 Å². The normalized spacial score (nSPS) is 12.7. The van der Waals surface area contributed by atoms with Crippen molar-refractivity contribution < 1.29 is 14.3 Å². The van der Waals surface area contributed by atoms with Crippen LogP contribution in [0.2, 0.25) is 0 Å². The lowest BCUT2D eigenvalue weighted by molar-refractivity contribution is -0.115. The fraction of sp³-hybridized carbons (Fsp3) is 0.238. The molecule has 1 amide bonds. The van der Waals surface area contributed by atoms with Crippen molar-refractivity contribution in [3.8, 4) is 22.8 Å². The van der Waals surface area contributed by atoms with Crippen molar-refractivity contribution in [1.82, 2.24) is 4.98 Å². The second-order valence-corrected chi connectivity index (χ2v) is 7.42. The summed E-state index contributed by atoms with van der Waals surface area (Å²) in [5.74, 6) is 1.31. The maximum atomic E-state index is 12.4. The van der Waals surface area contributed by atoms with Gasteiger partial charge in [-0.25, -0.2) is 4.98 Å². The van der Waals surface area contributed by atoms with E-state index < -0.39 is 0 Å². The number of aryl methyl sites for hydroxylation is 2. The Balaban J connectivity index is 1.44. The molecule has 27 heavy (non-hydrogen) atoms. The van der Waals surface area contributed by atoms with Crippen LogP contribution in [0.5, 0.6) is 11.5 Å². The zero-order chi connectivity index (χ0) is 18.8. The molecule has 4 rings (SSSR count). The van der Waals surface area contributed by atoms with Gasteiger partial charge in [-0.05, 0) is 37.1 Å². The summed E-state index contributed by atoms with van der Waals surface area (Å²) < 4.78 is 11.1. The lowest BCUT2D eigenvalue weighted by atomic mass is 10.0. The van der Waals surface area contributed by atoms with Crippen LogP contribution in [0.3, 0.4) is 0 Å². The number of thiazole rings is 1. The molecule has 2 heterocycles. The predicted molar refractivity (Wildman–Crippen MR) is 107 cm³/mol. The standard InChI is InChI=1S/C21H20N2O3S/c1-13-3-5-16(14(2)9-13)17-12-27-21(22-17)23-20(24)11-15-4-6-18-19(10-15)26-8-7-25-18/h3-6,9-10,12H,7-8,11H2,1-2H3,(H,22,23,24). The van der Waals surface area contributed by atoms with Gasteiger partial charge in [0.05, 0.1) is 12.1 Å². The highest BCUT2D eigenvalue weighted by atomic mass is 32.1. The number of amides is 1. The van der Waals surface area contributed by atoms with E-state index in [-0.39, 0.29) is 12.3 Å². The van der Waals surface area contributed by atoms with Crippen LogP contribution in [-0.4, -0.2) is 24.1 Å². The molecule has 0 saturated heterocycles. The summed E-state index contributed by atoms with van der Waals surface area (Å²) in [6, 6.07) is 11.9. The molecule has 5 nitrogen and oxygen atoms in total. The van der Waals surface area contributed by atoms with E-state index in [9.17, 15) is 4.79 Å². The van der Waals surface area contributed by atoms with E-state index in [2.05, 4.69) is 42.3 Å². The third kappa shape index (κ3) is 3.95. The van der Waals surface area contributed by atoms with Crippen molar-refractivity contribution in [2.75, 3.05) is 18.5 Å². The molecule has 0 bridgehead atoms. The van der Waals surface area contributed by atoms with Gasteiger partial charge in [-0.1, -0.05) is 29.8 Å². The monoisotopic (exact) mass is 380 g/mol. The van der Waals surface area contributed by atoms with Crippen LogP contribution in [0, 0.1) is 13.8 Å². The number of hydrogen-bond donors (Lipinski definition) is 1. The number of ether oxygens (including phenoxy) is 2. The second-order valence-electron chi connectivity index (χ2n) is 6.56. The number of aromatic nitrogens is 1. The SMILES string of the molecule is Cc1ccc(-c2csc(NC(=O)Cc3ccc4c(c3)OCCO4)n2)c(C)c1. The first-order valence-electron chi connectivity index (χ1n) is 8.80. The van der Waals surface area contributed by atoms with Gasteiger partial charge in [0.25, 0.3) is 0 Å². The minimum absolute atomic E-state index is 0.104. The Hall–Kier alpha value is -2.86. The number of nitrogens with one attached hydrogen (secondary N) is 1. The zero-order valence-corrected chi connectivity index (χ0v) is 16.1. The number of rotatable bonds is 4. The van der Waals surface area contributed by atoms with Crippen LogP contribution in [0.4, 0.5) is 5.13 Å². The first kappa shape index (κ1) is 17.5. The number of carbonyl (C=O) groups is 1. The third-order valence-electron chi connectivity index (χ3n) is 4.38. The maximum Gasteiger partial charge on any atom is 0.230 e. The van der Waals surface area contributed by atoms with Crippen LogP contribution >= 0.6 is 11.3 Å². The van der Waals surface area contributed by atoms with Gasteiger partial charge in [0.1, 0.15) is 13.2 Å². The Morgan fingerprint density at radius 3 is 2.74 bits per heavy atom. The first-order valence-corrected chi connectivity index (χ1v) is 9.68. The molecular weight excluding hydrogens is 360 g/mol. The first-order chi connectivity index (χ1) is 13.1. The smallest absolute Gasteiger partial charge is 0.230 e. The summed E-state index contributed by atoms with van der Waals surface area (Å²) in [6.45, 7) is 5.23. The van der Waals surface area contributed by atoms with Crippen molar-refractivity contribution in [3.05, 3.63) is 58.5 Å². The molecule has 0 unspecified atom stereocenters. The van der Waals surface area contributed by atoms with Crippen molar-refractivity contribution in [1.29, 1.82) is 0 Å². The minimum Gasteiger partial charge on any atom is -0.486 e. The van der Waals surface area contributed by atoms with Gasteiger partial charge in [0, 0.05) is 10.9 Å². The highest BCUT2D eigenvalue weighted by molar-refractivity contribution is 7.14. The van der Waals surface area contributed by atoms with E-state index in [1.165, 1.54) is 22.5 Å². The average molecular weight is 380 g/mol. The number of hydrogen-bond acceptors (Lipinski definition) is 5.